The Hall–Kier alpha value is -1.86. The van der Waals surface area contributed by atoms with E-state index in [0.717, 1.165) is 43.0 Å². The number of carbonyl (C=O) groups excluding carboxylic acids is 1. The number of hydrogen-bond acceptors (Lipinski definition) is 5. The molecule has 1 fully saturated rings. The highest BCUT2D eigenvalue weighted by molar-refractivity contribution is 7.22. The fraction of sp³-hybridized carbons (Fsp3) is 0.529. The van der Waals surface area contributed by atoms with Gasteiger partial charge in [-0.05, 0) is 31.4 Å². The lowest BCUT2D eigenvalue weighted by Gasteiger charge is -2.32. The predicted octanol–water partition coefficient (Wildman–Crippen LogP) is 2.60. The van der Waals surface area contributed by atoms with Gasteiger partial charge in [0.1, 0.15) is 0 Å². The van der Waals surface area contributed by atoms with Crippen LogP contribution < -0.4 is 15.5 Å². The number of rotatable bonds is 6. The topological polar surface area (TPSA) is 66.5 Å². The van der Waals surface area contributed by atoms with Crippen molar-refractivity contribution in [3.63, 3.8) is 0 Å². The van der Waals surface area contributed by atoms with Gasteiger partial charge in [0.05, 0.1) is 10.2 Å². The summed E-state index contributed by atoms with van der Waals surface area (Å²) in [5, 5.41) is 7.00. The highest BCUT2D eigenvalue weighted by Gasteiger charge is 2.23. The number of nitrogens with zero attached hydrogens (tertiary/aromatic N) is 2. The highest BCUT2D eigenvalue weighted by atomic mass is 32.1. The smallest absolute Gasteiger partial charge is 0.315 e. The number of urea groups is 1. The van der Waals surface area contributed by atoms with Crippen molar-refractivity contribution in [1.29, 1.82) is 0 Å². The van der Waals surface area contributed by atoms with E-state index in [-0.39, 0.29) is 12.1 Å². The van der Waals surface area contributed by atoms with Gasteiger partial charge >= 0.3 is 6.03 Å². The van der Waals surface area contributed by atoms with Crippen molar-refractivity contribution in [3.8, 4) is 0 Å². The summed E-state index contributed by atoms with van der Waals surface area (Å²) in [5.41, 5.74) is 1.04. The first-order valence-electron chi connectivity index (χ1n) is 8.40. The maximum absolute atomic E-state index is 12.0. The molecule has 1 saturated heterocycles. The monoisotopic (exact) mass is 348 g/mol. The third-order valence-electron chi connectivity index (χ3n) is 4.12. The number of ether oxygens (including phenoxy) is 1. The molecular weight excluding hydrogens is 324 g/mol. The van der Waals surface area contributed by atoms with Crippen LogP contribution in [0.3, 0.4) is 0 Å². The molecule has 3 rings (SSSR count). The van der Waals surface area contributed by atoms with Gasteiger partial charge in [-0.15, -0.1) is 0 Å². The first-order valence-corrected chi connectivity index (χ1v) is 9.22. The Labute approximate surface area is 146 Å². The van der Waals surface area contributed by atoms with Crippen LogP contribution in [0.1, 0.15) is 19.3 Å². The number of benzene rings is 1. The summed E-state index contributed by atoms with van der Waals surface area (Å²) in [6.45, 7) is 3.10. The predicted molar refractivity (Wildman–Crippen MR) is 97.9 cm³/mol. The minimum absolute atomic E-state index is 0.0951. The molecule has 1 aliphatic heterocycles. The summed E-state index contributed by atoms with van der Waals surface area (Å²) >= 11 is 1.72. The molecule has 2 N–H and O–H groups in total. The van der Waals surface area contributed by atoms with Gasteiger partial charge in [-0.25, -0.2) is 9.78 Å². The number of fused-ring (bicyclic) bond motifs is 1. The maximum Gasteiger partial charge on any atom is 0.315 e. The van der Waals surface area contributed by atoms with Gasteiger partial charge < -0.3 is 20.3 Å². The molecule has 24 heavy (non-hydrogen) atoms. The Morgan fingerprint density at radius 2 is 2.33 bits per heavy atom. The average Bonchev–Trinajstić information content (AvgIpc) is 3.03. The molecule has 1 aromatic carbocycles. The molecule has 0 aliphatic carbocycles. The molecular formula is C17H24N4O2S. The van der Waals surface area contributed by atoms with E-state index in [1.807, 2.05) is 18.2 Å². The second-order valence-corrected chi connectivity index (χ2v) is 7.01. The lowest BCUT2D eigenvalue weighted by Crippen LogP contribution is -2.50. The molecule has 2 aromatic rings. The van der Waals surface area contributed by atoms with Crippen LogP contribution in [0.15, 0.2) is 24.3 Å². The van der Waals surface area contributed by atoms with E-state index in [4.69, 9.17) is 9.72 Å². The van der Waals surface area contributed by atoms with Crippen LogP contribution in [0, 0.1) is 0 Å². The third kappa shape index (κ3) is 4.36. The first-order chi connectivity index (χ1) is 11.8. The van der Waals surface area contributed by atoms with Crippen LogP contribution in [-0.2, 0) is 4.74 Å². The molecule has 1 atom stereocenters. The molecule has 6 nitrogen and oxygen atoms in total. The highest BCUT2D eigenvalue weighted by Crippen LogP contribution is 2.30. The summed E-state index contributed by atoms with van der Waals surface area (Å²) in [6, 6.07) is 8.26. The maximum atomic E-state index is 12.0. The van der Waals surface area contributed by atoms with Crippen molar-refractivity contribution in [3.05, 3.63) is 24.3 Å². The number of carbonyl (C=O) groups is 1. The number of piperidine rings is 1. The third-order valence-corrected chi connectivity index (χ3v) is 5.22. The molecule has 1 aliphatic rings. The van der Waals surface area contributed by atoms with Gasteiger partial charge in [-0.1, -0.05) is 23.5 Å². The summed E-state index contributed by atoms with van der Waals surface area (Å²) in [4.78, 5) is 19.0. The number of amides is 2. The molecule has 0 radical (unpaired) electrons. The van der Waals surface area contributed by atoms with Gasteiger partial charge in [-0.2, -0.15) is 0 Å². The molecule has 0 spiro atoms. The number of thiazole rings is 1. The molecule has 2 amide bonds. The zero-order valence-electron chi connectivity index (χ0n) is 14.0. The normalized spacial score (nSPS) is 17.9. The van der Waals surface area contributed by atoms with Crippen LogP contribution in [-0.4, -0.2) is 50.4 Å². The van der Waals surface area contributed by atoms with Gasteiger partial charge in [0, 0.05) is 39.4 Å². The van der Waals surface area contributed by atoms with Crippen molar-refractivity contribution in [2.75, 3.05) is 38.3 Å². The quantitative estimate of drug-likeness (QED) is 0.788. The fourth-order valence-electron chi connectivity index (χ4n) is 2.92. The molecule has 7 heteroatoms. The van der Waals surface area contributed by atoms with Crippen molar-refractivity contribution in [1.82, 2.24) is 15.6 Å². The Kier molecular flexibility index (Phi) is 5.87. The average molecular weight is 348 g/mol. The lowest BCUT2D eigenvalue weighted by atomic mass is 10.1. The van der Waals surface area contributed by atoms with E-state index in [2.05, 4.69) is 21.6 Å². The van der Waals surface area contributed by atoms with Crippen LogP contribution >= 0.6 is 11.3 Å². The summed E-state index contributed by atoms with van der Waals surface area (Å²) in [7, 11) is 1.67. The molecule has 2 heterocycles. The standard InChI is InChI=1S/C17H24N4O2S/c1-23-11-5-9-18-16(22)19-13-6-4-10-21(12-13)17-20-14-7-2-3-8-15(14)24-17/h2-3,7-8,13H,4-6,9-12H2,1H3,(H2,18,19,22). The van der Waals surface area contributed by atoms with Crippen molar-refractivity contribution < 1.29 is 9.53 Å². The van der Waals surface area contributed by atoms with E-state index in [0.29, 0.717) is 13.2 Å². The number of aromatic nitrogens is 1. The zero-order valence-corrected chi connectivity index (χ0v) is 14.8. The zero-order chi connectivity index (χ0) is 16.8. The van der Waals surface area contributed by atoms with Crippen LogP contribution in [0.5, 0.6) is 0 Å². The molecule has 0 bridgehead atoms. The molecule has 130 valence electrons. The van der Waals surface area contributed by atoms with Gasteiger partial charge in [0.2, 0.25) is 0 Å². The summed E-state index contributed by atoms with van der Waals surface area (Å²) in [6.07, 6.45) is 2.89. The number of para-hydroxylation sites is 1. The second-order valence-electron chi connectivity index (χ2n) is 6.00. The van der Waals surface area contributed by atoms with Crippen LogP contribution in [0.25, 0.3) is 10.2 Å². The minimum atomic E-state index is -0.0951. The largest absolute Gasteiger partial charge is 0.385 e. The molecule has 1 unspecified atom stereocenters. The molecule has 0 saturated carbocycles. The Bertz CT molecular complexity index is 642. The number of anilines is 1. The van der Waals surface area contributed by atoms with E-state index >= 15 is 0 Å². The lowest BCUT2D eigenvalue weighted by molar-refractivity contribution is 0.193. The first kappa shape index (κ1) is 17.0. The van der Waals surface area contributed by atoms with Gasteiger partial charge in [0.25, 0.3) is 0 Å². The van der Waals surface area contributed by atoms with Crippen molar-refractivity contribution in [2.24, 2.45) is 0 Å². The Morgan fingerprint density at radius 3 is 3.17 bits per heavy atom. The number of hydrogen-bond donors (Lipinski definition) is 2. The van der Waals surface area contributed by atoms with Crippen LogP contribution in [0.4, 0.5) is 9.93 Å². The Balaban J connectivity index is 1.53. The van der Waals surface area contributed by atoms with Crippen molar-refractivity contribution in [2.45, 2.75) is 25.3 Å². The number of nitrogens with one attached hydrogen (secondary N) is 2. The summed E-state index contributed by atoms with van der Waals surface area (Å²) < 4.78 is 6.18. The van der Waals surface area contributed by atoms with Gasteiger partial charge in [0.15, 0.2) is 5.13 Å². The van der Waals surface area contributed by atoms with E-state index < -0.39 is 0 Å². The number of methoxy groups -OCH3 is 1. The minimum Gasteiger partial charge on any atom is -0.385 e. The molecule has 1 aromatic heterocycles. The van der Waals surface area contributed by atoms with E-state index in [9.17, 15) is 4.79 Å². The van der Waals surface area contributed by atoms with E-state index in [1.54, 1.807) is 18.4 Å². The SMILES string of the molecule is COCCCNC(=O)NC1CCCN(c2nc3ccccc3s2)C1. The fourth-order valence-corrected chi connectivity index (χ4v) is 3.92. The van der Waals surface area contributed by atoms with Crippen LogP contribution in [0.2, 0.25) is 0 Å². The Morgan fingerprint density at radius 1 is 1.46 bits per heavy atom. The second kappa shape index (κ2) is 8.30. The van der Waals surface area contributed by atoms with Gasteiger partial charge in [-0.3, -0.25) is 0 Å². The van der Waals surface area contributed by atoms with Crippen molar-refractivity contribution >= 4 is 32.7 Å². The van der Waals surface area contributed by atoms with E-state index in [1.165, 1.54) is 4.70 Å². The summed E-state index contributed by atoms with van der Waals surface area (Å²) in [5.74, 6) is 0.